The first-order valence-corrected chi connectivity index (χ1v) is 7.89. The molecule has 1 N–H and O–H groups in total. The van der Waals surface area contributed by atoms with Crippen molar-refractivity contribution in [3.05, 3.63) is 0 Å². The van der Waals surface area contributed by atoms with Gasteiger partial charge in [0.05, 0.1) is 13.0 Å². The minimum absolute atomic E-state index is 0.0192. The van der Waals surface area contributed by atoms with Gasteiger partial charge in [-0.05, 0) is 38.6 Å². The van der Waals surface area contributed by atoms with E-state index >= 15 is 0 Å². The molecule has 0 saturated heterocycles. The number of alkyl halides is 2. The second-order valence-corrected chi connectivity index (χ2v) is 5.68. The molecule has 0 bridgehead atoms. The predicted molar refractivity (Wildman–Crippen MR) is 78.5 cm³/mol. The van der Waals surface area contributed by atoms with Crippen LogP contribution >= 0.6 is 0 Å². The van der Waals surface area contributed by atoms with Gasteiger partial charge in [0.2, 0.25) is 5.91 Å². The van der Waals surface area contributed by atoms with Crippen molar-refractivity contribution in [3.8, 4) is 0 Å². The van der Waals surface area contributed by atoms with Crippen molar-refractivity contribution in [3.63, 3.8) is 0 Å². The molecule has 0 atom stereocenters. The second kappa shape index (κ2) is 10.1. The summed E-state index contributed by atoms with van der Waals surface area (Å²) in [5.74, 6) is -0.0192. The topological polar surface area (TPSA) is 41.6 Å². The number of halogens is 2. The van der Waals surface area contributed by atoms with Crippen molar-refractivity contribution < 1.29 is 18.3 Å². The van der Waals surface area contributed by atoms with Crippen LogP contribution in [0.2, 0.25) is 0 Å². The lowest BCUT2D eigenvalue weighted by molar-refractivity contribution is -0.134. The minimum atomic E-state index is -2.47. The fraction of sp³-hybridized carbons (Fsp3) is 0.933. The van der Waals surface area contributed by atoms with E-state index in [0.29, 0.717) is 6.04 Å². The van der Waals surface area contributed by atoms with Crippen molar-refractivity contribution in [2.75, 3.05) is 26.8 Å². The maximum atomic E-state index is 12.0. The number of rotatable bonds is 9. The number of ether oxygens (including phenoxy) is 1. The Kier molecular flexibility index (Phi) is 8.76. The van der Waals surface area contributed by atoms with Gasteiger partial charge >= 0.3 is 0 Å². The molecule has 0 aromatic rings. The van der Waals surface area contributed by atoms with E-state index in [4.69, 9.17) is 4.74 Å². The number of carbonyl (C=O) groups is 1. The molecule has 1 aliphatic carbocycles. The van der Waals surface area contributed by atoms with Crippen molar-refractivity contribution in [2.45, 2.75) is 64.0 Å². The van der Waals surface area contributed by atoms with Crippen LogP contribution < -0.4 is 5.32 Å². The van der Waals surface area contributed by atoms with Crippen LogP contribution in [0, 0.1) is 0 Å². The Bertz CT molecular complexity index is 295. The lowest BCUT2D eigenvalue weighted by atomic mass is 9.90. The molecule has 1 rings (SSSR count). The van der Waals surface area contributed by atoms with E-state index in [1.165, 1.54) is 0 Å². The highest BCUT2D eigenvalue weighted by Crippen LogP contribution is 2.22. The van der Waals surface area contributed by atoms with Crippen LogP contribution in [0.1, 0.15) is 45.4 Å². The molecule has 124 valence electrons. The monoisotopic (exact) mass is 306 g/mol. The third-order valence-electron chi connectivity index (χ3n) is 4.02. The molecule has 0 unspecified atom stereocenters. The average molecular weight is 306 g/mol. The van der Waals surface area contributed by atoms with Crippen LogP contribution in [-0.4, -0.2) is 56.1 Å². The first kappa shape index (κ1) is 18.3. The van der Waals surface area contributed by atoms with Crippen LogP contribution in [0.5, 0.6) is 0 Å². The molecule has 0 radical (unpaired) electrons. The zero-order chi connectivity index (χ0) is 15.7. The zero-order valence-corrected chi connectivity index (χ0v) is 13.1. The molecule has 1 amide bonds. The highest BCUT2D eigenvalue weighted by atomic mass is 19.3. The molecule has 1 saturated carbocycles. The molecular formula is C15H28F2N2O2. The van der Waals surface area contributed by atoms with Gasteiger partial charge < -0.3 is 15.0 Å². The molecule has 0 aliphatic heterocycles. The third-order valence-corrected chi connectivity index (χ3v) is 4.02. The maximum absolute atomic E-state index is 12.0. The SMILES string of the molecule is CCCNC1CCC(N(C)C(=O)CCOCC(F)F)CC1. The molecule has 6 heteroatoms. The van der Waals surface area contributed by atoms with Crippen molar-refractivity contribution in [1.82, 2.24) is 10.2 Å². The van der Waals surface area contributed by atoms with E-state index in [2.05, 4.69) is 12.2 Å². The van der Waals surface area contributed by atoms with Gasteiger partial charge in [0.15, 0.2) is 0 Å². The summed E-state index contributed by atoms with van der Waals surface area (Å²) in [4.78, 5) is 13.7. The molecule has 0 heterocycles. The van der Waals surface area contributed by atoms with E-state index in [9.17, 15) is 13.6 Å². The molecule has 0 aromatic carbocycles. The molecule has 21 heavy (non-hydrogen) atoms. The fourth-order valence-electron chi connectivity index (χ4n) is 2.73. The van der Waals surface area contributed by atoms with E-state index in [0.717, 1.165) is 38.6 Å². The van der Waals surface area contributed by atoms with Gasteiger partial charge in [0.1, 0.15) is 6.61 Å². The molecule has 4 nitrogen and oxygen atoms in total. The van der Waals surface area contributed by atoms with Crippen LogP contribution in [0.25, 0.3) is 0 Å². The molecular weight excluding hydrogens is 278 g/mol. The van der Waals surface area contributed by atoms with E-state index in [1.54, 1.807) is 11.9 Å². The van der Waals surface area contributed by atoms with Gasteiger partial charge in [0.25, 0.3) is 6.43 Å². The van der Waals surface area contributed by atoms with Crippen molar-refractivity contribution in [1.29, 1.82) is 0 Å². The average Bonchev–Trinajstić information content (AvgIpc) is 2.49. The number of carbonyl (C=O) groups excluding carboxylic acids is 1. The van der Waals surface area contributed by atoms with Gasteiger partial charge in [-0.2, -0.15) is 0 Å². The Morgan fingerprint density at radius 3 is 2.57 bits per heavy atom. The fourth-order valence-corrected chi connectivity index (χ4v) is 2.73. The second-order valence-electron chi connectivity index (χ2n) is 5.68. The predicted octanol–water partition coefficient (Wildman–Crippen LogP) is 2.43. The standard InChI is InChI=1S/C15H28F2N2O2/c1-3-9-18-12-4-6-13(7-5-12)19(2)15(20)8-10-21-11-14(16)17/h12-14,18H,3-11H2,1-2H3. The largest absolute Gasteiger partial charge is 0.375 e. The molecule has 1 fully saturated rings. The summed E-state index contributed by atoms with van der Waals surface area (Å²) in [7, 11) is 1.81. The highest BCUT2D eigenvalue weighted by molar-refractivity contribution is 5.76. The summed E-state index contributed by atoms with van der Waals surface area (Å²) in [6, 6.07) is 0.839. The summed E-state index contributed by atoms with van der Waals surface area (Å²) in [5, 5.41) is 3.52. The van der Waals surface area contributed by atoms with Gasteiger partial charge in [-0.3, -0.25) is 4.79 Å². The Balaban J connectivity index is 2.20. The first-order chi connectivity index (χ1) is 10.0. The molecule has 1 aliphatic rings. The quantitative estimate of drug-likeness (QED) is 0.665. The van der Waals surface area contributed by atoms with Gasteiger partial charge in [-0.25, -0.2) is 8.78 Å². The third kappa shape index (κ3) is 7.18. The summed E-state index contributed by atoms with van der Waals surface area (Å²) < 4.78 is 28.6. The number of hydrogen-bond acceptors (Lipinski definition) is 3. The Morgan fingerprint density at radius 2 is 2.00 bits per heavy atom. The Morgan fingerprint density at radius 1 is 1.33 bits per heavy atom. The van der Waals surface area contributed by atoms with Gasteiger partial charge in [0, 0.05) is 19.1 Å². The van der Waals surface area contributed by atoms with Crippen LogP contribution in [0.15, 0.2) is 0 Å². The smallest absolute Gasteiger partial charge is 0.261 e. The lowest BCUT2D eigenvalue weighted by Crippen LogP contribution is -2.43. The van der Waals surface area contributed by atoms with E-state index in [-0.39, 0.29) is 25.0 Å². The van der Waals surface area contributed by atoms with Gasteiger partial charge in [-0.15, -0.1) is 0 Å². The normalized spacial score (nSPS) is 22.5. The first-order valence-electron chi connectivity index (χ1n) is 7.89. The summed E-state index contributed by atoms with van der Waals surface area (Å²) in [6.45, 7) is 2.68. The van der Waals surface area contributed by atoms with E-state index < -0.39 is 13.0 Å². The van der Waals surface area contributed by atoms with Crippen LogP contribution in [0.4, 0.5) is 8.78 Å². The maximum Gasteiger partial charge on any atom is 0.261 e. The van der Waals surface area contributed by atoms with Gasteiger partial charge in [-0.1, -0.05) is 6.92 Å². The number of nitrogens with one attached hydrogen (secondary N) is 1. The summed E-state index contributed by atoms with van der Waals surface area (Å²) in [6.07, 6.45) is 3.02. The van der Waals surface area contributed by atoms with Crippen LogP contribution in [-0.2, 0) is 9.53 Å². The number of amides is 1. The Hall–Kier alpha value is -0.750. The van der Waals surface area contributed by atoms with Crippen LogP contribution in [0.3, 0.4) is 0 Å². The summed E-state index contributed by atoms with van der Waals surface area (Å²) >= 11 is 0. The van der Waals surface area contributed by atoms with Crippen molar-refractivity contribution >= 4 is 5.91 Å². The summed E-state index contributed by atoms with van der Waals surface area (Å²) in [5.41, 5.74) is 0. The highest BCUT2D eigenvalue weighted by Gasteiger charge is 2.25. The number of hydrogen-bond donors (Lipinski definition) is 1. The lowest BCUT2D eigenvalue weighted by Gasteiger charge is -2.35. The Labute approximate surface area is 126 Å². The molecule has 0 aromatic heterocycles. The molecule has 0 spiro atoms. The van der Waals surface area contributed by atoms with E-state index in [1.807, 2.05) is 0 Å². The number of nitrogens with zero attached hydrogens (tertiary/aromatic N) is 1. The zero-order valence-electron chi connectivity index (χ0n) is 13.1. The minimum Gasteiger partial charge on any atom is -0.375 e. The van der Waals surface area contributed by atoms with Crippen molar-refractivity contribution in [2.24, 2.45) is 0 Å².